The van der Waals surface area contributed by atoms with Crippen molar-refractivity contribution in [2.75, 3.05) is 12.9 Å². The molecule has 2 aromatic rings. The van der Waals surface area contributed by atoms with Crippen LogP contribution in [-0.2, 0) is 0 Å². The summed E-state index contributed by atoms with van der Waals surface area (Å²) >= 11 is 1.29. The molecule has 1 heterocycles. The average molecular weight is 401 g/mol. The molecule has 1 saturated carbocycles. The maximum Gasteiger partial charge on any atom is 0.254 e. The van der Waals surface area contributed by atoms with Crippen LogP contribution in [0.15, 0.2) is 34.2 Å². The van der Waals surface area contributed by atoms with Crippen molar-refractivity contribution >= 4 is 17.5 Å². The van der Waals surface area contributed by atoms with E-state index >= 15 is 0 Å². The zero-order valence-electron chi connectivity index (χ0n) is 16.8. The SMILES string of the molecule is COc1ccc(C(=O)CSc2nc(C(C)C3CCCCC3)c(C)c(=O)[nH]2)cc1. The molecule has 1 unspecified atom stereocenters. The topological polar surface area (TPSA) is 72.0 Å². The number of ether oxygens (including phenoxy) is 1. The quantitative estimate of drug-likeness (QED) is 0.413. The maximum absolute atomic E-state index is 12.5. The van der Waals surface area contributed by atoms with E-state index in [-0.39, 0.29) is 23.0 Å². The van der Waals surface area contributed by atoms with Crippen molar-refractivity contribution in [3.05, 3.63) is 51.4 Å². The van der Waals surface area contributed by atoms with Crippen LogP contribution in [0.4, 0.5) is 0 Å². The zero-order valence-corrected chi connectivity index (χ0v) is 17.6. The predicted molar refractivity (Wildman–Crippen MR) is 113 cm³/mol. The monoisotopic (exact) mass is 400 g/mol. The third-order valence-electron chi connectivity index (χ3n) is 5.71. The van der Waals surface area contributed by atoms with Crippen molar-refractivity contribution in [2.24, 2.45) is 5.92 Å². The second-order valence-electron chi connectivity index (χ2n) is 7.51. The number of methoxy groups -OCH3 is 1. The number of thioether (sulfide) groups is 1. The van der Waals surface area contributed by atoms with Gasteiger partial charge in [0, 0.05) is 17.0 Å². The minimum atomic E-state index is -0.105. The highest BCUT2D eigenvalue weighted by molar-refractivity contribution is 7.99. The fraction of sp³-hybridized carbons (Fsp3) is 0.500. The van der Waals surface area contributed by atoms with Gasteiger partial charge in [0.2, 0.25) is 0 Å². The molecular formula is C22H28N2O3S. The van der Waals surface area contributed by atoms with Gasteiger partial charge in [-0.3, -0.25) is 9.59 Å². The van der Waals surface area contributed by atoms with Crippen LogP contribution in [0.2, 0.25) is 0 Å². The zero-order chi connectivity index (χ0) is 20.1. The molecule has 28 heavy (non-hydrogen) atoms. The van der Waals surface area contributed by atoms with Crippen molar-refractivity contribution in [3.63, 3.8) is 0 Å². The highest BCUT2D eigenvalue weighted by Gasteiger charge is 2.25. The number of hydrogen-bond donors (Lipinski definition) is 1. The van der Waals surface area contributed by atoms with Crippen molar-refractivity contribution in [3.8, 4) is 5.75 Å². The minimum Gasteiger partial charge on any atom is -0.497 e. The first-order chi connectivity index (χ1) is 13.5. The minimum absolute atomic E-state index is 0.00208. The molecule has 0 radical (unpaired) electrons. The van der Waals surface area contributed by atoms with Crippen LogP contribution in [-0.4, -0.2) is 28.6 Å². The number of nitrogens with one attached hydrogen (secondary N) is 1. The third-order valence-corrected chi connectivity index (χ3v) is 6.58. The molecule has 0 amide bonds. The molecule has 0 spiro atoms. The van der Waals surface area contributed by atoms with Crippen molar-refractivity contribution < 1.29 is 9.53 Å². The Morgan fingerprint density at radius 3 is 2.57 bits per heavy atom. The second-order valence-corrected chi connectivity index (χ2v) is 8.47. The third kappa shape index (κ3) is 4.85. The van der Waals surface area contributed by atoms with E-state index in [2.05, 4.69) is 11.9 Å². The summed E-state index contributed by atoms with van der Waals surface area (Å²) in [6.45, 7) is 4.03. The number of ketones is 1. The summed E-state index contributed by atoms with van der Waals surface area (Å²) in [5, 5.41) is 0.523. The molecule has 0 saturated heterocycles. The average Bonchev–Trinajstić information content (AvgIpc) is 2.74. The fourth-order valence-corrected chi connectivity index (χ4v) is 4.65. The number of Topliss-reactive ketones (excluding diaryl/α,β-unsaturated/α-hetero) is 1. The van der Waals surface area contributed by atoms with Crippen LogP contribution in [0.3, 0.4) is 0 Å². The Morgan fingerprint density at radius 1 is 1.25 bits per heavy atom. The van der Waals surface area contributed by atoms with Crippen molar-refractivity contribution in [1.29, 1.82) is 0 Å². The van der Waals surface area contributed by atoms with E-state index in [1.807, 2.05) is 6.92 Å². The van der Waals surface area contributed by atoms with Crippen LogP contribution < -0.4 is 10.3 Å². The molecule has 1 aliphatic carbocycles. The Balaban J connectivity index is 1.72. The van der Waals surface area contributed by atoms with E-state index in [1.165, 1.54) is 43.9 Å². The molecule has 1 aromatic heterocycles. The summed E-state index contributed by atoms with van der Waals surface area (Å²) in [6.07, 6.45) is 6.23. The van der Waals surface area contributed by atoms with E-state index in [9.17, 15) is 9.59 Å². The maximum atomic E-state index is 12.5. The molecule has 1 atom stereocenters. The van der Waals surface area contributed by atoms with Crippen LogP contribution in [0, 0.1) is 12.8 Å². The number of aromatic amines is 1. The standard InChI is InChI=1S/C22H28N2O3S/c1-14(16-7-5-4-6-8-16)20-15(2)21(26)24-22(23-20)28-13-19(25)17-9-11-18(27-3)12-10-17/h9-12,14,16H,4-8,13H2,1-3H3,(H,23,24,26). The van der Waals surface area contributed by atoms with Gasteiger partial charge in [0.1, 0.15) is 5.75 Å². The van der Waals surface area contributed by atoms with Crippen LogP contribution >= 0.6 is 11.8 Å². The number of hydrogen-bond acceptors (Lipinski definition) is 5. The lowest BCUT2D eigenvalue weighted by Crippen LogP contribution is -2.22. The molecular weight excluding hydrogens is 372 g/mol. The van der Waals surface area contributed by atoms with Crippen molar-refractivity contribution in [2.45, 2.75) is 57.0 Å². The Labute approximate surface area is 170 Å². The highest BCUT2D eigenvalue weighted by Crippen LogP contribution is 2.36. The van der Waals surface area contributed by atoms with Gasteiger partial charge in [0.05, 0.1) is 18.6 Å². The lowest BCUT2D eigenvalue weighted by molar-refractivity contribution is 0.102. The van der Waals surface area contributed by atoms with Gasteiger partial charge in [-0.05, 0) is 49.9 Å². The molecule has 1 aromatic carbocycles. The number of carbonyl (C=O) groups is 1. The number of rotatable bonds is 7. The van der Waals surface area contributed by atoms with E-state index < -0.39 is 0 Å². The molecule has 1 N–H and O–H groups in total. The Bertz CT molecular complexity index is 870. The summed E-state index contributed by atoms with van der Waals surface area (Å²) in [7, 11) is 1.60. The number of aromatic nitrogens is 2. The summed E-state index contributed by atoms with van der Waals surface area (Å²) in [4.78, 5) is 32.4. The second kappa shape index (κ2) is 9.41. The Hall–Kier alpha value is -2.08. The predicted octanol–water partition coefficient (Wildman–Crippen LogP) is 4.75. The van der Waals surface area contributed by atoms with Gasteiger partial charge in [-0.15, -0.1) is 0 Å². The van der Waals surface area contributed by atoms with Gasteiger partial charge in [0.25, 0.3) is 5.56 Å². The number of H-pyrrole nitrogens is 1. The van der Waals surface area contributed by atoms with Crippen LogP contribution in [0.25, 0.3) is 0 Å². The molecule has 150 valence electrons. The van der Waals surface area contributed by atoms with Gasteiger partial charge in [-0.1, -0.05) is 37.9 Å². The highest BCUT2D eigenvalue weighted by atomic mass is 32.2. The fourth-order valence-electron chi connectivity index (χ4n) is 3.89. The van der Waals surface area contributed by atoms with E-state index in [0.717, 1.165) is 11.4 Å². The Kier molecular flexibility index (Phi) is 6.94. The smallest absolute Gasteiger partial charge is 0.254 e. The lowest BCUT2D eigenvalue weighted by Gasteiger charge is -2.28. The summed E-state index contributed by atoms with van der Waals surface area (Å²) in [6, 6.07) is 7.05. The van der Waals surface area contributed by atoms with Gasteiger partial charge in [-0.2, -0.15) is 0 Å². The van der Waals surface area contributed by atoms with Crippen LogP contribution in [0.1, 0.15) is 66.6 Å². The Morgan fingerprint density at radius 2 is 1.93 bits per heavy atom. The molecule has 5 nitrogen and oxygen atoms in total. The largest absolute Gasteiger partial charge is 0.497 e. The summed E-state index contributed by atoms with van der Waals surface area (Å²) in [5.41, 5.74) is 2.10. The van der Waals surface area contributed by atoms with E-state index in [0.29, 0.717) is 22.2 Å². The normalized spacial score (nSPS) is 16.0. The van der Waals surface area contributed by atoms with Gasteiger partial charge in [0.15, 0.2) is 10.9 Å². The van der Waals surface area contributed by atoms with Crippen LogP contribution in [0.5, 0.6) is 5.75 Å². The molecule has 1 fully saturated rings. The van der Waals surface area contributed by atoms with Gasteiger partial charge >= 0.3 is 0 Å². The molecule has 6 heteroatoms. The number of benzene rings is 1. The summed E-state index contributed by atoms with van der Waals surface area (Å²) in [5.74, 6) is 1.79. The molecule has 0 bridgehead atoms. The first kappa shape index (κ1) is 20.6. The summed E-state index contributed by atoms with van der Waals surface area (Å²) < 4.78 is 5.12. The van der Waals surface area contributed by atoms with Crippen molar-refractivity contribution in [1.82, 2.24) is 9.97 Å². The first-order valence-corrected chi connectivity index (χ1v) is 10.9. The van der Waals surface area contributed by atoms with Gasteiger partial charge < -0.3 is 9.72 Å². The number of nitrogens with zero attached hydrogens (tertiary/aromatic N) is 1. The molecule has 0 aliphatic heterocycles. The number of carbonyl (C=O) groups excluding carboxylic acids is 1. The first-order valence-electron chi connectivity index (χ1n) is 9.90. The molecule has 1 aliphatic rings. The molecule has 3 rings (SSSR count). The van der Waals surface area contributed by atoms with E-state index in [4.69, 9.17) is 9.72 Å². The van der Waals surface area contributed by atoms with Gasteiger partial charge in [-0.25, -0.2) is 4.98 Å². The van der Waals surface area contributed by atoms with E-state index in [1.54, 1.807) is 31.4 Å². The lowest BCUT2D eigenvalue weighted by atomic mass is 9.79.